The zero-order valence-corrected chi connectivity index (χ0v) is 44.6. The van der Waals surface area contributed by atoms with Crippen molar-refractivity contribution in [2.24, 2.45) is 10.8 Å². The molecule has 0 aliphatic carbocycles. The minimum Gasteiger partial charge on any atom is -0.378 e. The van der Waals surface area contributed by atoms with Gasteiger partial charge in [-0.15, -0.1) is 34.3 Å². The van der Waals surface area contributed by atoms with Gasteiger partial charge in [0, 0.05) is 93.8 Å². The Kier molecular flexibility index (Phi) is 19.4. The number of alkyl halides is 1. The molecule has 2 fully saturated rings. The molecule has 0 spiro atoms. The highest BCUT2D eigenvalue weighted by molar-refractivity contribution is 7.16. The van der Waals surface area contributed by atoms with Gasteiger partial charge in [-0.2, -0.15) is 10.2 Å². The molecule has 1 N–H and O–H groups in total. The number of rotatable bonds is 11. The van der Waals surface area contributed by atoms with Crippen molar-refractivity contribution in [3.63, 3.8) is 0 Å². The minimum absolute atomic E-state index is 0.00460. The van der Waals surface area contributed by atoms with Gasteiger partial charge < -0.3 is 28.8 Å². The van der Waals surface area contributed by atoms with E-state index in [1.54, 1.807) is 45.7 Å². The predicted molar refractivity (Wildman–Crippen MR) is 279 cm³/mol. The molecule has 0 unspecified atom stereocenters. The Labute approximate surface area is 435 Å². The molecular formula is C50H59Cl3N8O8S2. The average Bonchev–Trinajstić information content (AvgIpc) is 4.18. The second-order valence-electron chi connectivity index (χ2n) is 18.8. The molecule has 71 heavy (non-hydrogen) atoms. The van der Waals surface area contributed by atoms with E-state index >= 15 is 0 Å². The molecule has 0 atom stereocenters. The number of carbonyl (C=O) groups is 4. The Balaban J connectivity index is 0.000000200. The maximum atomic E-state index is 13.2. The molecule has 8 rings (SSSR count). The molecule has 2 aliphatic rings. The number of pyridine rings is 2. The first-order valence-electron chi connectivity index (χ1n) is 23.1. The van der Waals surface area contributed by atoms with Gasteiger partial charge in [0.25, 0.3) is 17.4 Å². The van der Waals surface area contributed by atoms with Crippen LogP contribution in [0.5, 0.6) is 0 Å². The highest BCUT2D eigenvalue weighted by Crippen LogP contribution is 2.28. The zero-order chi connectivity index (χ0) is 51.5. The number of nitrogens with one attached hydrogen (secondary N) is 1. The van der Waals surface area contributed by atoms with Crippen LogP contribution in [0.25, 0.3) is 22.5 Å². The SMILES string of the molecule is CC(C)(C)C(=O)n1nc(-c2ccc(=O)[nH]c2)cc1CCc1ccc(Cl)s1.CC(C)(C)C(=O)n1nc(-c2ccc(=O)n(CC(=O)N3CCOCC3)c2)cc1CCc1ccc(Cl)s1.O=C(CCl)N1CCOCC1. The third-order valence-corrected chi connectivity index (χ3v) is 14.1. The highest BCUT2D eigenvalue weighted by Gasteiger charge is 2.29. The van der Waals surface area contributed by atoms with Gasteiger partial charge in [0.15, 0.2) is 0 Å². The number of nitrogens with zero attached hydrogens (tertiary/aromatic N) is 7. The molecular weight excluding hydrogens is 1010 g/mol. The van der Waals surface area contributed by atoms with Crippen LogP contribution in [0.15, 0.2) is 82.6 Å². The quantitative estimate of drug-likeness (QED) is 0.124. The number of carbonyl (C=O) groups excluding carboxylic acids is 4. The number of halogens is 3. The fourth-order valence-electron chi connectivity index (χ4n) is 7.27. The van der Waals surface area contributed by atoms with Crippen LogP contribution in [0, 0.1) is 10.8 Å². The molecule has 2 aliphatic heterocycles. The van der Waals surface area contributed by atoms with Gasteiger partial charge in [0.2, 0.25) is 17.4 Å². The maximum Gasteiger partial charge on any atom is 0.252 e. The molecule has 0 aromatic carbocycles. The summed E-state index contributed by atoms with van der Waals surface area (Å²) in [5.41, 5.74) is 2.70. The van der Waals surface area contributed by atoms with E-state index in [0.717, 1.165) is 48.2 Å². The summed E-state index contributed by atoms with van der Waals surface area (Å²) in [6.07, 6.45) is 6.05. The van der Waals surface area contributed by atoms with E-state index in [-0.39, 0.29) is 47.2 Å². The van der Waals surface area contributed by atoms with Crippen LogP contribution < -0.4 is 11.1 Å². The Morgan fingerprint density at radius 1 is 0.634 bits per heavy atom. The number of aryl methyl sites for hydroxylation is 4. The van der Waals surface area contributed by atoms with Crippen molar-refractivity contribution in [2.45, 2.75) is 73.8 Å². The van der Waals surface area contributed by atoms with Crippen molar-refractivity contribution in [3.05, 3.63) is 124 Å². The van der Waals surface area contributed by atoms with Crippen molar-refractivity contribution >= 4 is 81.1 Å². The summed E-state index contributed by atoms with van der Waals surface area (Å²) in [6.45, 7) is 15.8. The molecule has 6 aromatic heterocycles. The molecule has 0 bridgehead atoms. The number of hydrogen-bond donors (Lipinski definition) is 1. The second-order valence-corrected chi connectivity index (χ2v) is 22.7. The summed E-state index contributed by atoms with van der Waals surface area (Å²) >= 11 is 20.5. The molecule has 16 nitrogen and oxygen atoms in total. The number of hydrogen-bond acceptors (Lipinski definition) is 12. The zero-order valence-electron chi connectivity index (χ0n) is 40.7. The molecule has 8 heterocycles. The van der Waals surface area contributed by atoms with Crippen LogP contribution in [-0.4, -0.2) is 121 Å². The van der Waals surface area contributed by atoms with Gasteiger partial charge in [0.1, 0.15) is 12.4 Å². The van der Waals surface area contributed by atoms with Crippen LogP contribution in [-0.2, 0) is 51.3 Å². The van der Waals surface area contributed by atoms with E-state index in [9.17, 15) is 28.8 Å². The van der Waals surface area contributed by atoms with Gasteiger partial charge in [-0.3, -0.25) is 28.8 Å². The van der Waals surface area contributed by atoms with Gasteiger partial charge in [-0.1, -0.05) is 64.7 Å². The molecule has 6 aromatic rings. The normalized spacial score (nSPS) is 14.0. The minimum atomic E-state index is -0.617. The van der Waals surface area contributed by atoms with Gasteiger partial charge >= 0.3 is 0 Å². The van der Waals surface area contributed by atoms with E-state index in [4.69, 9.17) is 44.3 Å². The number of aromatic amines is 1. The number of amides is 2. The first-order chi connectivity index (χ1) is 33.7. The Hall–Kier alpha value is -5.21. The number of aromatic nitrogens is 6. The first kappa shape index (κ1) is 55.1. The number of thiophene rings is 2. The van der Waals surface area contributed by atoms with Crippen LogP contribution in [0.3, 0.4) is 0 Å². The van der Waals surface area contributed by atoms with Crippen molar-refractivity contribution in [1.29, 1.82) is 0 Å². The van der Waals surface area contributed by atoms with Crippen LogP contribution in [0.1, 0.15) is 72.3 Å². The standard InChI is InChI=1S/C25H29ClN4O4S.C19H20ClN3O2S.C6H10ClNO2/c1-25(2,3)24(33)30-18(5-6-19-7-8-21(26)35-19)14-20(27-30)17-4-9-22(31)29(15-17)16-23(32)28-10-12-34-13-11-28;1-19(2,3)18(25)23-13(5-6-14-7-8-16(20)26-14)10-15(22-23)12-4-9-17(24)21-11-12;7-5-6(9)8-1-3-10-4-2-8/h4,7-9,14-15H,5-6,10-13,16H2,1-3H3;4,7-11H,5-6H2,1-3H3,(H,21,24);1-5H2. The van der Waals surface area contributed by atoms with Gasteiger partial charge in [-0.25, -0.2) is 9.36 Å². The average molecular weight is 1070 g/mol. The molecule has 380 valence electrons. The van der Waals surface area contributed by atoms with E-state index in [1.165, 1.54) is 37.4 Å². The number of ether oxygens (including phenoxy) is 2. The first-order valence-corrected chi connectivity index (χ1v) is 26.1. The summed E-state index contributed by atoms with van der Waals surface area (Å²) < 4.78 is 16.2. The van der Waals surface area contributed by atoms with E-state index in [2.05, 4.69) is 15.2 Å². The fraction of sp³-hybridized carbons (Fsp3) is 0.440. The Morgan fingerprint density at radius 2 is 1.10 bits per heavy atom. The lowest BCUT2D eigenvalue weighted by Crippen LogP contribution is -2.43. The molecule has 0 saturated carbocycles. The lowest BCUT2D eigenvalue weighted by molar-refractivity contribution is -0.136. The van der Waals surface area contributed by atoms with Gasteiger partial charge in [0.05, 0.1) is 46.5 Å². The summed E-state index contributed by atoms with van der Waals surface area (Å²) in [5, 5.41) is 9.14. The van der Waals surface area contributed by atoms with E-state index in [0.29, 0.717) is 82.4 Å². The maximum absolute atomic E-state index is 13.2. The van der Waals surface area contributed by atoms with Crippen LogP contribution in [0.4, 0.5) is 0 Å². The molecule has 0 radical (unpaired) electrons. The summed E-state index contributed by atoms with van der Waals surface area (Å²) in [6, 6.07) is 17.8. The Morgan fingerprint density at radius 3 is 1.52 bits per heavy atom. The summed E-state index contributed by atoms with van der Waals surface area (Å²) in [5.74, 6) is -0.215. The highest BCUT2D eigenvalue weighted by atomic mass is 35.5. The summed E-state index contributed by atoms with van der Waals surface area (Å²) in [4.78, 5) is 81.7. The number of H-pyrrole nitrogens is 1. The van der Waals surface area contributed by atoms with Crippen LogP contribution >= 0.6 is 57.5 Å². The van der Waals surface area contributed by atoms with Gasteiger partial charge in [-0.05, 0) is 74.2 Å². The smallest absolute Gasteiger partial charge is 0.252 e. The van der Waals surface area contributed by atoms with E-state index in [1.807, 2.05) is 77.9 Å². The summed E-state index contributed by atoms with van der Waals surface area (Å²) in [7, 11) is 0. The molecule has 2 amide bonds. The second kappa shape index (κ2) is 25.0. The fourth-order valence-corrected chi connectivity index (χ4v) is 9.61. The molecule has 2 saturated heterocycles. The Bertz CT molecular complexity index is 2890. The lowest BCUT2D eigenvalue weighted by Gasteiger charge is -2.27. The van der Waals surface area contributed by atoms with Crippen molar-refractivity contribution < 1.29 is 28.7 Å². The predicted octanol–water partition coefficient (Wildman–Crippen LogP) is 8.27. The third kappa shape index (κ3) is 15.6. The van der Waals surface area contributed by atoms with Crippen LogP contribution in [0.2, 0.25) is 8.67 Å². The largest absolute Gasteiger partial charge is 0.378 e. The lowest BCUT2D eigenvalue weighted by atomic mass is 9.95. The van der Waals surface area contributed by atoms with E-state index < -0.39 is 10.8 Å². The van der Waals surface area contributed by atoms with Crippen molar-refractivity contribution in [3.8, 4) is 22.5 Å². The van der Waals surface area contributed by atoms with Crippen molar-refractivity contribution in [2.75, 3.05) is 58.5 Å². The topological polar surface area (TPSA) is 184 Å². The molecule has 21 heteroatoms. The number of morpholine rings is 2. The monoisotopic (exact) mass is 1070 g/mol. The van der Waals surface area contributed by atoms with Crippen molar-refractivity contribution in [1.82, 2.24) is 38.9 Å². The third-order valence-electron chi connectivity index (χ3n) is 11.3.